The van der Waals surface area contributed by atoms with Crippen LogP contribution in [0.25, 0.3) is 10.9 Å². The summed E-state index contributed by atoms with van der Waals surface area (Å²) in [4.78, 5) is 27.1. The molecule has 0 aliphatic rings. The van der Waals surface area contributed by atoms with E-state index in [-0.39, 0.29) is 11.9 Å². The fourth-order valence-electron chi connectivity index (χ4n) is 2.39. The fraction of sp³-hybridized carbons (Fsp3) is 0.111. The first-order chi connectivity index (χ1) is 11.6. The standard InChI is InChI=1S/C18H15ClN2O3/c1-2-24-18(23)11-3-6-13(7-4-11)21-17(22)15-10-20-16-9-12(19)5-8-14(15)16/h3-10,20H,2H2,1H3,(H,21,22). The number of carbonyl (C=O) groups is 2. The van der Waals surface area contributed by atoms with Gasteiger partial charge in [0.15, 0.2) is 0 Å². The molecule has 0 fully saturated rings. The number of ether oxygens (including phenoxy) is 1. The van der Waals surface area contributed by atoms with E-state index < -0.39 is 0 Å². The lowest BCUT2D eigenvalue weighted by atomic mass is 10.1. The van der Waals surface area contributed by atoms with Crippen LogP contribution in [-0.2, 0) is 4.74 Å². The van der Waals surface area contributed by atoms with E-state index in [1.165, 1.54) is 0 Å². The van der Waals surface area contributed by atoms with E-state index in [0.29, 0.717) is 28.4 Å². The smallest absolute Gasteiger partial charge is 0.338 e. The number of fused-ring (bicyclic) bond motifs is 1. The van der Waals surface area contributed by atoms with Gasteiger partial charge >= 0.3 is 5.97 Å². The molecule has 2 N–H and O–H groups in total. The Kier molecular flexibility index (Phi) is 4.53. The number of halogens is 1. The molecule has 0 saturated carbocycles. The highest BCUT2D eigenvalue weighted by Gasteiger charge is 2.13. The Morgan fingerprint density at radius 3 is 2.62 bits per heavy atom. The van der Waals surface area contributed by atoms with Crippen molar-refractivity contribution in [3.8, 4) is 0 Å². The summed E-state index contributed by atoms with van der Waals surface area (Å²) in [6.07, 6.45) is 1.64. The lowest BCUT2D eigenvalue weighted by Gasteiger charge is -2.06. The minimum absolute atomic E-state index is 0.243. The summed E-state index contributed by atoms with van der Waals surface area (Å²) in [7, 11) is 0. The molecule has 1 aromatic heterocycles. The Balaban J connectivity index is 1.77. The predicted molar refractivity (Wildman–Crippen MR) is 93.7 cm³/mol. The Labute approximate surface area is 143 Å². The van der Waals surface area contributed by atoms with Crippen molar-refractivity contribution < 1.29 is 14.3 Å². The Morgan fingerprint density at radius 1 is 1.17 bits per heavy atom. The third-order valence-corrected chi connectivity index (χ3v) is 3.78. The van der Waals surface area contributed by atoms with Gasteiger partial charge in [-0.15, -0.1) is 0 Å². The van der Waals surface area contributed by atoms with Gasteiger partial charge in [0, 0.05) is 27.8 Å². The van der Waals surface area contributed by atoms with E-state index in [0.717, 1.165) is 10.9 Å². The molecule has 0 bridgehead atoms. The molecule has 3 rings (SSSR count). The third-order valence-electron chi connectivity index (χ3n) is 3.54. The summed E-state index contributed by atoms with van der Waals surface area (Å²) in [6, 6.07) is 11.9. The number of nitrogens with one attached hydrogen (secondary N) is 2. The topological polar surface area (TPSA) is 71.2 Å². The second-order valence-corrected chi connectivity index (χ2v) is 5.58. The molecule has 6 heteroatoms. The molecular weight excluding hydrogens is 328 g/mol. The normalized spacial score (nSPS) is 10.6. The van der Waals surface area contributed by atoms with Gasteiger partial charge in [-0.25, -0.2) is 4.79 Å². The Morgan fingerprint density at radius 2 is 1.92 bits per heavy atom. The highest BCUT2D eigenvalue weighted by Crippen LogP contribution is 2.23. The Hall–Kier alpha value is -2.79. The molecule has 0 saturated heterocycles. The van der Waals surface area contributed by atoms with Crippen LogP contribution in [0.2, 0.25) is 5.02 Å². The lowest BCUT2D eigenvalue weighted by Crippen LogP contribution is -2.11. The molecule has 0 atom stereocenters. The number of benzene rings is 2. The summed E-state index contributed by atoms with van der Waals surface area (Å²) < 4.78 is 4.92. The second kappa shape index (κ2) is 6.76. The summed E-state index contributed by atoms with van der Waals surface area (Å²) in [5, 5.41) is 4.20. The van der Waals surface area contributed by atoms with Crippen LogP contribution < -0.4 is 5.32 Å². The molecule has 0 aliphatic carbocycles. The first-order valence-electron chi connectivity index (χ1n) is 7.43. The maximum absolute atomic E-state index is 12.4. The van der Waals surface area contributed by atoms with Crippen molar-refractivity contribution in [1.82, 2.24) is 4.98 Å². The van der Waals surface area contributed by atoms with Gasteiger partial charge in [0.05, 0.1) is 17.7 Å². The number of esters is 1. The molecule has 0 aliphatic heterocycles. The van der Waals surface area contributed by atoms with Crippen LogP contribution in [-0.4, -0.2) is 23.5 Å². The molecule has 122 valence electrons. The first kappa shape index (κ1) is 16.1. The lowest BCUT2D eigenvalue weighted by molar-refractivity contribution is 0.0526. The van der Waals surface area contributed by atoms with Crippen molar-refractivity contribution in [1.29, 1.82) is 0 Å². The molecule has 2 aromatic carbocycles. The number of carbonyl (C=O) groups excluding carboxylic acids is 2. The van der Waals surface area contributed by atoms with Crippen molar-refractivity contribution >= 4 is 40.1 Å². The van der Waals surface area contributed by atoms with Crippen molar-refractivity contribution in [2.24, 2.45) is 0 Å². The van der Waals surface area contributed by atoms with E-state index in [2.05, 4.69) is 10.3 Å². The van der Waals surface area contributed by atoms with Gasteiger partial charge in [0.1, 0.15) is 0 Å². The highest BCUT2D eigenvalue weighted by atomic mass is 35.5. The summed E-state index contributed by atoms with van der Waals surface area (Å²) >= 11 is 5.94. The van der Waals surface area contributed by atoms with Gasteiger partial charge in [-0.3, -0.25) is 4.79 Å². The molecule has 5 nitrogen and oxygen atoms in total. The van der Waals surface area contributed by atoms with E-state index in [1.54, 1.807) is 55.6 Å². The van der Waals surface area contributed by atoms with E-state index in [9.17, 15) is 9.59 Å². The van der Waals surface area contributed by atoms with Crippen LogP contribution in [0, 0.1) is 0 Å². The minimum atomic E-state index is -0.385. The van der Waals surface area contributed by atoms with Crippen LogP contribution in [0.1, 0.15) is 27.6 Å². The zero-order valence-electron chi connectivity index (χ0n) is 12.9. The van der Waals surface area contributed by atoms with Crippen molar-refractivity contribution in [3.05, 3.63) is 64.8 Å². The number of H-pyrrole nitrogens is 1. The zero-order chi connectivity index (χ0) is 17.1. The van der Waals surface area contributed by atoms with Gasteiger partial charge in [-0.1, -0.05) is 17.7 Å². The highest BCUT2D eigenvalue weighted by molar-refractivity contribution is 6.31. The maximum Gasteiger partial charge on any atom is 0.338 e. The number of aromatic amines is 1. The van der Waals surface area contributed by atoms with Crippen LogP contribution in [0.5, 0.6) is 0 Å². The number of rotatable bonds is 4. The van der Waals surface area contributed by atoms with E-state index >= 15 is 0 Å². The molecule has 1 amide bonds. The molecular formula is C18H15ClN2O3. The van der Waals surface area contributed by atoms with Crippen LogP contribution in [0.4, 0.5) is 5.69 Å². The predicted octanol–water partition coefficient (Wildman–Crippen LogP) is 4.25. The SMILES string of the molecule is CCOC(=O)c1ccc(NC(=O)c2c[nH]c3cc(Cl)ccc23)cc1. The molecule has 1 heterocycles. The van der Waals surface area contributed by atoms with Gasteiger partial charge in [-0.05, 0) is 43.3 Å². The van der Waals surface area contributed by atoms with E-state index in [1.807, 2.05) is 0 Å². The van der Waals surface area contributed by atoms with Gasteiger partial charge in [-0.2, -0.15) is 0 Å². The monoisotopic (exact) mass is 342 g/mol. The molecule has 0 radical (unpaired) electrons. The fourth-order valence-corrected chi connectivity index (χ4v) is 2.56. The minimum Gasteiger partial charge on any atom is -0.462 e. The zero-order valence-corrected chi connectivity index (χ0v) is 13.7. The summed E-state index contributed by atoms with van der Waals surface area (Å²) in [5.41, 5.74) is 2.36. The average Bonchev–Trinajstić information content (AvgIpc) is 2.98. The van der Waals surface area contributed by atoms with Crippen LogP contribution in [0.3, 0.4) is 0 Å². The van der Waals surface area contributed by atoms with Gasteiger partial charge in [0.2, 0.25) is 0 Å². The third kappa shape index (κ3) is 3.26. The summed E-state index contributed by atoms with van der Waals surface area (Å²) in [6.45, 7) is 2.07. The largest absolute Gasteiger partial charge is 0.462 e. The molecule has 0 spiro atoms. The van der Waals surface area contributed by atoms with Crippen molar-refractivity contribution in [2.45, 2.75) is 6.92 Å². The first-order valence-corrected chi connectivity index (χ1v) is 7.81. The number of hydrogen-bond acceptors (Lipinski definition) is 3. The number of amides is 1. The van der Waals surface area contributed by atoms with Crippen LogP contribution >= 0.6 is 11.6 Å². The van der Waals surface area contributed by atoms with E-state index in [4.69, 9.17) is 16.3 Å². The Bertz CT molecular complexity index is 900. The molecule has 0 unspecified atom stereocenters. The summed E-state index contributed by atoms with van der Waals surface area (Å²) in [5.74, 6) is -0.628. The van der Waals surface area contributed by atoms with Crippen LogP contribution in [0.15, 0.2) is 48.7 Å². The number of aromatic nitrogens is 1. The molecule has 24 heavy (non-hydrogen) atoms. The van der Waals surface area contributed by atoms with Gasteiger partial charge < -0.3 is 15.0 Å². The average molecular weight is 343 g/mol. The second-order valence-electron chi connectivity index (χ2n) is 5.14. The number of anilines is 1. The quantitative estimate of drug-likeness (QED) is 0.696. The number of hydrogen-bond donors (Lipinski definition) is 2. The van der Waals surface area contributed by atoms with Gasteiger partial charge in [0.25, 0.3) is 5.91 Å². The van der Waals surface area contributed by atoms with Crippen molar-refractivity contribution in [2.75, 3.05) is 11.9 Å². The molecule has 3 aromatic rings. The van der Waals surface area contributed by atoms with Crippen molar-refractivity contribution in [3.63, 3.8) is 0 Å². The maximum atomic E-state index is 12.4.